The van der Waals surface area contributed by atoms with Gasteiger partial charge < -0.3 is 0 Å². The highest BCUT2D eigenvalue weighted by Gasteiger charge is 2.50. The maximum absolute atomic E-state index is 13.9. The molecule has 0 amide bonds. The van der Waals surface area contributed by atoms with Crippen molar-refractivity contribution in [1.29, 1.82) is 0 Å². The Morgan fingerprint density at radius 1 is 0.786 bits per heavy atom. The van der Waals surface area contributed by atoms with Crippen LogP contribution in [0.1, 0.15) is 30.4 Å². The summed E-state index contributed by atoms with van der Waals surface area (Å²) in [7, 11) is -3.54. The molecule has 28 heavy (non-hydrogen) atoms. The predicted molar refractivity (Wildman–Crippen MR) is 115 cm³/mol. The van der Waals surface area contributed by atoms with Crippen LogP contribution in [0.15, 0.2) is 101 Å². The molecule has 0 heterocycles. The Morgan fingerprint density at radius 2 is 1.36 bits per heavy atom. The Hall–Kier alpha value is -2.65. The van der Waals surface area contributed by atoms with Crippen molar-refractivity contribution in [3.05, 3.63) is 108 Å². The Bertz CT molecular complexity index is 1060. The van der Waals surface area contributed by atoms with Crippen molar-refractivity contribution in [3.63, 3.8) is 0 Å². The van der Waals surface area contributed by atoms with Gasteiger partial charge in [-0.3, -0.25) is 0 Å². The molecule has 0 radical (unpaired) electrons. The average molecular weight is 389 g/mol. The Labute approximate surface area is 167 Å². The summed E-state index contributed by atoms with van der Waals surface area (Å²) in [6, 6.07) is 28.9. The Morgan fingerprint density at radius 3 is 2.00 bits per heavy atom. The maximum Gasteiger partial charge on any atom is 0.188 e. The zero-order valence-corrected chi connectivity index (χ0v) is 16.6. The smallest absolute Gasteiger partial charge is 0.188 e. The molecule has 3 aromatic carbocycles. The topological polar surface area (TPSA) is 34.1 Å². The van der Waals surface area contributed by atoms with E-state index in [0.29, 0.717) is 17.7 Å². The van der Waals surface area contributed by atoms with E-state index in [0.717, 1.165) is 29.5 Å². The Balaban J connectivity index is 1.88. The monoisotopic (exact) mass is 388 g/mol. The molecule has 1 atom stereocenters. The van der Waals surface area contributed by atoms with Gasteiger partial charge in [0.2, 0.25) is 0 Å². The average Bonchev–Trinajstić information content (AvgIpc) is 3.14. The van der Waals surface area contributed by atoms with Crippen molar-refractivity contribution in [3.8, 4) is 0 Å². The number of sulfone groups is 1. The van der Waals surface area contributed by atoms with E-state index in [9.17, 15) is 8.42 Å². The third-order valence-electron chi connectivity index (χ3n) is 5.65. The van der Waals surface area contributed by atoms with Crippen LogP contribution in [0, 0.1) is 0 Å². The molecule has 4 rings (SSSR count). The van der Waals surface area contributed by atoms with Crippen LogP contribution in [0.5, 0.6) is 0 Å². The molecule has 1 saturated carbocycles. The predicted octanol–water partition coefficient (Wildman–Crippen LogP) is 5.71. The molecular weight excluding hydrogens is 364 g/mol. The quantitative estimate of drug-likeness (QED) is 0.561. The fraction of sp³-hybridized carbons (Fsp3) is 0.200. The van der Waals surface area contributed by atoms with Gasteiger partial charge in [0.05, 0.1) is 4.90 Å². The van der Waals surface area contributed by atoms with Crippen LogP contribution in [0.3, 0.4) is 0 Å². The summed E-state index contributed by atoms with van der Waals surface area (Å²) in [6.07, 6.45) is 4.95. The minimum Gasteiger partial charge on any atom is -0.223 e. The number of hydrogen-bond donors (Lipinski definition) is 0. The van der Waals surface area contributed by atoms with Gasteiger partial charge in [-0.25, -0.2) is 8.42 Å². The fourth-order valence-electron chi connectivity index (χ4n) is 4.26. The van der Waals surface area contributed by atoms with Gasteiger partial charge in [-0.2, -0.15) is 0 Å². The van der Waals surface area contributed by atoms with Crippen LogP contribution >= 0.6 is 0 Å². The minimum atomic E-state index is -3.54. The van der Waals surface area contributed by atoms with Gasteiger partial charge in [-0.05, 0) is 54.5 Å². The number of rotatable bonds is 5. The van der Waals surface area contributed by atoms with Crippen molar-refractivity contribution in [1.82, 2.24) is 0 Å². The SMILES string of the molecule is O=S(=O)(c1ccccc1)C1(Cc2ccccc2)CCCC1=Cc1ccccc1. The van der Waals surface area contributed by atoms with Crippen molar-refractivity contribution in [2.24, 2.45) is 0 Å². The van der Waals surface area contributed by atoms with E-state index in [1.54, 1.807) is 24.3 Å². The lowest BCUT2D eigenvalue weighted by atomic mass is 9.92. The molecule has 1 unspecified atom stereocenters. The number of hydrogen-bond acceptors (Lipinski definition) is 2. The van der Waals surface area contributed by atoms with Gasteiger partial charge in [-0.15, -0.1) is 0 Å². The first-order valence-electron chi connectivity index (χ1n) is 9.72. The molecule has 1 aliphatic rings. The Kier molecular flexibility index (Phi) is 5.19. The molecule has 3 aromatic rings. The van der Waals surface area contributed by atoms with Crippen LogP contribution in [-0.2, 0) is 16.3 Å². The normalized spacial score (nSPS) is 21.1. The second-order valence-corrected chi connectivity index (χ2v) is 9.67. The van der Waals surface area contributed by atoms with Crippen LogP contribution in [0.2, 0.25) is 0 Å². The molecule has 1 aliphatic carbocycles. The second-order valence-electron chi connectivity index (χ2n) is 7.41. The van der Waals surface area contributed by atoms with Crippen LogP contribution < -0.4 is 0 Å². The summed E-state index contributed by atoms with van der Waals surface area (Å²) >= 11 is 0. The van der Waals surface area contributed by atoms with Gasteiger partial charge in [0.15, 0.2) is 9.84 Å². The van der Waals surface area contributed by atoms with Gasteiger partial charge in [0, 0.05) is 0 Å². The first-order valence-corrected chi connectivity index (χ1v) is 11.2. The van der Waals surface area contributed by atoms with Gasteiger partial charge in [0.25, 0.3) is 0 Å². The summed E-state index contributed by atoms with van der Waals surface area (Å²) in [6.45, 7) is 0. The summed E-state index contributed by atoms with van der Waals surface area (Å²) < 4.78 is 26.9. The van der Waals surface area contributed by atoms with E-state index in [-0.39, 0.29) is 0 Å². The minimum absolute atomic E-state index is 0.409. The van der Waals surface area contributed by atoms with Crippen molar-refractivity contribution < 1.29 is 8.42 Å². The van der Waals surface area contributed by atoms with Gasteiger partial charge >= 0.3 is 0 Å². The lowest BCUT2D eigenvalue weighted by Crippen LogP contribution is -2.40. The molecule has 0 saturated heterocycles. The highest BCUT2D eigenvalue weighted by Crippen LogP contribution is 2.47. The zero-order valence-electron chi connectivity index (χ0n) is 15.8. The summed E-state index contributed by atoms with van der Waals surface area (Å²) in [5.41, 5.74) is 3.13. The lowest BCUT2D eigenvalue weighted by Gasteiger charge is -2.31. The largest absolute Gasteiger partial charge is 0.223 e. The molecule has 142 valence electrons. The van der Waals surface area contributed by atoms with Crippen molar-refractivity contribution >= 4 is 15.9 Å². The molecular formula is C25H24O2S. The third-order valence-corrected chi connectivity index (χ3v) is 8.19. The van der Waals surface area contributed by atoms with Crippen molar-refractivity contribution in [2.45, 2.75) is 35.3 Å². The van der Waals surface area contributed by atoms with Crippen LogP contribution in [0.25, 0.3) is 6.08 Å². The molecule has 0 aliphatic heterocycles. The van der Waals surface area contributed by atoms with E-state index in [2.05, 4.69) is 6.08 Å². The van der Waals surface area contributed by atoms with E-state index >= 15 is 0 Å². The van der Waals surface area contributed by atoms with Crippen molar-refractivity contribution in [2.75, 3.05) is 0 Å². The van der Waals surface area contributed by atoms with Crippen LogP contribution in [0.4, 0.5) is 0 Å². The molecule has 1 fully saturated rings. The third kappa shape index (κ3) is 3.43. The molecule has 0 spiro atoms. The first-order chi connectivity index (χ1) is 13.6. The molecule has 3 heteroatoms. The van der Waals surface area contributed by atoms with Gasteiger partial charge in [0.1, 0.15) is 4.75 Å². The first kappa shape index (κ1) is 18.7. The maximum atomic E-state index is 13.9. The van der Waals surface area contributed by atoms with E-state index < -0.39 is 14.6 Å². The van der Waals surface area contributed by atoms with E-state index in [1.165, 1.54) is 0 Å². The zero-order chi connectivity index (χ0) is 19.5. The molecule has 2 nitrogen and oxygen atoms in total. The summed E-state index contributed by atoms with van der Waals surface area (Å²) in [5, 5.41) is 0. The molecule has 0 aromatic heterocycles. The molecule has 0 N–H and O–H groups in total. The van der Waals surface area contributed by atoms with E-state index in [1.807, 2.05) is 66.7 Å². The standard InChI is InChI=1S/C25H24O2S/c26-28(27,24-16-8-3-9-17-24)25(20-22-13-6-2-7-14-22)18-10-15-23(25)19-21-11-4-1-5-12-21/h1-9,11-14,16-17,19H,10,15,18,20H2. The number of benzene rings is 3. The van der Waals surface area contributed by atoms with E-state index in [4.69, 9.17) is 0 Å². The summed E-state index contributed by atoms with van der Waals surface area (Å²) in [5.74, 6) is 0. The van der Waals surface area contributed by atoms with Gasteiger partial charge in [-0.1, -0.05) is 84.9 Å². The highest BCUT2D eigenvalue weighted by atomic mass is 32.2. The fourth-order valence-corrected chi connectivity index (χ4v) is 6.50. The lowest BCUT2D eigenvalue weighted by molar-refractivity contribution is 0.541. The summed E-state index contributed by atoms with van der Waals surface area (Å²) in [4.78, 5) is 0.409. The van der Waals surface area contributed by atoms with Crippen LogP contribution in [-0.4, -0.2) is 13.2 Å². The second kappa shape index (κ2) is 7.76. The molecule has 0 bridgehead atoms. The highest BCUT2D eigenvalue weighted by molar-refractivity contribution is 7.93.